The molecular weight excluding hydrogens is 1670 g/mol. The Balaban J connectivity index is 2.07. The number of amides is 15. The van der Waals surface area contributed by atoms with Gasteiger partial charge in [0.05, 0.1) is 101 Å². The van der Waals surface area contributed by atoms with Crippen molar-refractivity contribution in [3.05, 3.63) is 35.9 Å². The number of aliphatic carboxylic acids is 1. The number of aliphatic hydroxyl groups excluding tert-OH is 5. The number of esters is 1. The number of hydrogen-bond acceptors (Lipinski definition) is 28. The van der Waals surface area contributed by atoms with E-state index in [-0.39, 0.29) is 105 Å². The number of carboxylic acid groups (broad SMARTS) is 1. The molecule has 1 heterocycles. The average Bonchev–Trinajstić information content (AvgIpc) is 1.78. The summed E-state index contributed by atoms with van der Waals surface area (Å²) in [6, 6.07) is 0.151. The van der Waals surface area contributed by atoms with Crippen LogP contribution in [-0.2, 0) is 107 Å². The summed E-state index contributed by atoms with van der Waals surface area (Å²) in [6.07, 6.45) is -10.9. The predicted molar refractivity (Wildman–Crippen MR) is 457 cm³/mol. The lowest BCUT2D eigenvalue weighted by molar-refractivity contribution is -0.148. The Morgan fingerprint density at radius 2 is 1.13 bits per heavy atom. The SMILES string of the molecule is CC[C@H](C)[C@@H]([C@@H](CC(=O)N1CCC[C@H]1[C@H](OC)[C@@H](C)C(=O)N[C@@H](Cc1ccccc1)C(=O)NCCCOC(=O)C(C)NC(=O)CCNC(=O)OCC(NC(=O)CNC(=O)CNC(=O)CNC(=O)CNC(=O)CCNC(=O)CCOCC(C)(C)C)C(=O)NC(CCC(=O)NC[C@@H](O)[C@H](O)[C@@H](O)[C@@H](O)CO)C(=O)O)OC)N(C)C(=O)[C@@H](NC(=O)[C@H](C(C)C)N(C)C)C(C)C. The predicted octanol–water partition coefficient (Wildman–Crippen LogP) is -5.16. The number of aliphatic hydroxyl groups is 5. The zero-order valence-electron chi connectivity index (χ0n) is 76.0. The fourth-order valence-corrected chi connectivity index (χ4v) is 13.5. The van der Waals surface area contributed by atoms with Crippen LogP contribution in [0.2, 0.25) is 0 Å². The molecule has 15 amide bonds. The molecule has 0 radical (unpaired) electrons. The molecule has 0 aliphatic carbocycles. The van der Waals surface area contributed by atoms with Crippen LogP contribution in [0.3, 0.4) is 0 Å². The number of carbonyl (C=O) groups is 17. The van der Waals surface area contributed by atoms with Crippen molar-refractivity contribution in [2.75, 3.05) is 127 Å². The molecule has 44 nitrogen and oxygen atoms in total. The summed E-state index contributed by atoms with van der Waals surface area (Å²) in [5.41, 5.74) is 0.635. The summed E-state index contributed by atoms with van der Waals surface area (Å²) in [7, 11) is 8.22. The van der Waals surface area contributed by atoms with E-state index in [1.165, 1.54) is 21.1 Å². The largest absolute Gasteiger partial charge is 0.480 e. The second-order valence-electron chi connectivity index (χ2n) is 33.3. The van der Waals surface area contributed by atoms with Crippen LogP contribution < -0.4 is 69.1 Å². The van der Waals surface area contributed by atoms with E-state index in [9.17, 15) is 107 Å². The minimum absolute atomic E-state index is 0.0212. The summed E-state index contributed by atoms with van der Waals surface area (Å²) >= 11 is 0. The van der Waals surface area contributed by atoms with E-state index in [4.69, 9.17) is 28.8 Å². The van der Waals surface area contributed by atoms with Gasteiger partial charge in [0.15, 0.2) is 0 Å². The molecule has 0 saturated carbocycles. The molecule has 1 fully saturated rings. The molecular formula is C83H140N16O28. The fourth-order valence-electron chi connectivity index (χ4n) is 13.5. The standard InChI is InChI=1S/C83H140N16O28/c1-17-49(6)71(98(14)79(118)69(47(2)3)96-78(117)70(48(4)5)97(12)13)59(123-15)38-68(111)99-34-21-25-56(99)74(124-16)50(7)75(114)95-54(37-52-23-19-18-20-24-52)76(115)85-31-22-35-126-81(121)51(8)92-63(106)29-33-86-82(122)127-45-55(77(116)94-53(80(119)120)26-27-60(103)87-39-57(101)72(112)73(113)58(102)44-100)93-67(110)43-91-66(109)42-90-65(108)41-89-64(107)40-88-61(104)28-32-84-62(105)30-36-125-46-83(9,10)11/h18-20,23-24,47-51,53-59,69-74,100-102,112-113H,17,21-22,25-46H2,1-16H3,(H,84,105)(H,85,115)(H,86,122)(H,87,103)(H,88,104)(H,89,107)(H,90,108)(H,91,109)(H,92,106)(H,93,110)(H,94,116)(H,95,114)(H,96,117)(H,119,120)/t49-,50+,51?,53?,54-,55?,56-,57+,58-,59+,69-,70-,71-,72-,73-,74+/m0/s1. The number of carboxylic acids is 1. The van der Waals surface area contributed by atoms with E-state index >= 15 is 0 Å². The number of likely N-dealkylation sites (N-methyl/N-ethyl adjacent to an activating group) is 2. The zero-order chi connectivity index (χ0) is 96.0. The van der Waals surface area contributed by atoms with Gasteiger partial charge in [0.1, 0.15) is 55.1 Å². The van der Waals surface area contributed by atoms with Crippen molar-refractivity contribution < 1.29 is 136 Å². The van der Waals surface area contributed by atoms with Crippen LogP contribution in [-0.4, -0.2) is 358 Å². The molecule has 3 unspecified atom stereocenters. The van der Waals surface area contributed by atoms with Gasteiger partial charge >= 0.3 is 18.0 Å². The molecule has 1 aliphatic rings. The summed E-state index contributed by atoms with van der Waals surface area (Å²) in [5, 5.41) is 89.8. The van der Waals surface area contributed by atoms with Gasteiger partial charge in [0.2, 0.25) is 82.7 Å². The molecule has 0 bridgehead atoms. The number of hydrogen-bond donors (Lipinski definition) is 19. The third kappa shape index (κ3) is 42.9. The summed E-state index contributed by atoms with van der Waals surface area (Å²) in [6.45, 7) is 15.0. The normalized spacial score (nSPS) is 16.2. The van der Waals surface area contributed by atoms with Crippen LogP contribution in [0.4, 0.5) is 4.79 Å². The van der Waals surface area contributed by atoms with Gasteiger partial charge in [-0.25, -0.2) is 14.4 Å². The molecule has 720 valence electrons. The smallest absolute Gasteiger partial charge is 0.407 e. The van der Waals surface area contributed by atoms with Gasteiger partial charge in [-0.15, -0.1) is 0 Å². The lowest BCUT2D eigenvalue weighted by Gasteiger charge is -2.41. The highest BCUT2D eigenvalue weighted by Gasteiger charge is 2.44. The molecule has 16 atom stereocenters. The number of benzene rings is 1. The van der Waals surface area contributed by atoms with Crippen molar-refractivity contribution in [1.29, 1.82) is 0 Å². The van der Waals surface area contributed by atoms with Crippen molar-refractivity contribution in [1.82, 2.24) is 83.8 Å². The number of ether oxygens (including phenoxy) is 5. The molecule has 44 heteroatoms. The Kier molecular flexibility index (Phi) is 52.3. The van der Waals surface area contributed by atoms with Gasteiger partial charge in [-0.3, -0.25) is 72.0 Å². The first-order valence-corrected chi connectivity index (χ1v) is 42.6. The molecule has 1 aromatic rings. The van der Waals surface area contributed by atoms with E-state index in [2.05, 4.69) is 69.1 Å². The van der Waals surface area contributed by atoms with Gasteiger partial charge in [0.25, 0.3) is 0 Å². The first-order chi connectivity index (χ1) is 59.7. The number of rotatable bonds is 60. The third-order valence-corrected chi connectivity index (χ3v) is 20.7. The third-order valence-electron chi connectivity index (χ3n) is 20.7. The Morgan fingerprint density at radius 3 is 1.69 bits per heavy atom. The topological polar surface area (TPSA) is 624 Å². The maximum atomic E-state index is 14.6. The summed E-state index contributed by atoms with van der Waals surface area (Å²) in [4.78, 5) is 229. The second-order valence-corrected chi connectivity index (χ2v) is 33.3. The highest BCUT2D eigenvalue weighted by atomic mass is 16.6. The molecule has 1 saturated heterocycles. The summed E-state index contributed by atoms with van der Waals surface area (Å²) < 4.78 is 28.0. The van der Waals surface area contributed by atoms with Crippen molar-refractivity contribution in [2.45, 2.75) is 232 Å². The molecule has 1 aliphatic heterocycles. The van der Waals surface area contributed by atoms with Crippen LogP contribution in [0.5, 0.6) is 0 Å². The lowest BCUT2D eigenvalue weighted by Crippen LogP contribution is -2.59. The Morgan fingerprint density at radius 1 is 0.567 bits per heavy atom. The number of nitrogens with zero attached hydrogens (tertiary/aromatic N) is 3. The Labute approximate surface area is 741 Å². The van der Waals surface area contributed by atoms with E-state index in [1.54, 1.807) is 54.1 Å². The van der Waals surface area contributed by atoms with Crippen molar-refractivity contribution in [2.24, 2.45) is 29.1 Å². The van der Waals surface area contributed by atoms with Crippen LogP contribution >= 0.6 is 0 Å². The van der Waals surface area contributed by atoms with Gasteiger partial charge < -0.3 is 133 Å². The number of methoxy groups -OCH3 is 2. The van der Waals surface area contributed by atoms with Crippen molar-refractivity contribution in [3.63, 3.8) is 0 Å². The first kappa shape index (κ1) is 113. The van der Waals surface area contributed by atoms with E-state index in [0.717, 1.165) is 0 Å². The average molecular weight is 1810 g/mol. The molecule has 127 heavy (non-hydrogen) atoms. The van der Waals surface area contributed by atoms with Crippen LogP contribution in [0, 0.1) is 29.1 Å². The van der Waals surface area contributed by atoms with E-state index < -0.39 is 240 Å². The van der Waals surface area contributed by atoms with Crippen molar-refractivity contribution >= 4 is 101 Å². The van der Waals surface area contributed by atoms with Crippen LogP contribution in [0.15, 0.2) is 30.3 Å². The maximum Gasteiger partial charge on any atom is 0.407 e. The van der Waals surface area contributed by atoms with Crippen LogP contribution in [0.25, 0.3) is 0 Å². The molecule has 19 N–H and O–H groups in total. The number of alkyl carbamates (subject to hydrolysis) is 1. The number of likely N-dealkylation sites (tertiary alicyclic amines) is 1. The molecule has 0 aromatic heterocycles. The van der Waals surface area contributed by atoms with E-state index in [0.29, 0.717) is 38.0 Å². The summed E-state index contributed by atoms with van der Waals surface area (Å²) in [5.74, 6) is -13.8. The second kappa shape index (κ2) is 58.9. The highest BCUT2D eigenvalue weighted by molar-refractivity contribution is 5.95. The molecule has 2 rings (SSSR count). The van der Waals surface area contributed by atoms with Gasteiger partial charge in [-0.05, 0) is 75.4 Å². The molecule has 0 spiro atoms. The number of carbonyl (C=O) groups excluding carboxylic acids is 16. The minimum Gasteiger partial charge on any atom is -0.480 e. The van der Waals surface area contributed by atoms with E-state index in [1.807, 2.05) is 81.3 Å². The first-order valence-electron chi connectivity index (χ1n) is 42.6. The minimum atomic E-state index is -2.05. The van der Waals surface area contributed by atoms with Crippen molar-refractivity contribution in [3.8, 4) is 0 Å². The molecule has 1 aromatic carbocycles. The quantitative estimate of drug-likeness (QED) is 0.0214. The fraction of sp³-hybridized carbons (Fsp3) is 0.723. The maximum absolute atomic E-state index is 14.6. The number of nitrogens with one attached hydrogen (secondary N) is 13. The van der Waals surface area contributed by atoms with Crippen LogP contribution in [0.1, 0.15) is 146 Å². The Hall–Kier alpha value is -10.3. The van der Waals surface area contributed by atoms with Gasteiger partial charge in [0, 0.05) is 86.1 Å². The lowest BCUT2D eigenvalue weighted by atomic mass is 9.89. The zero-order valence-corrected chi connectivity index (χ0v) is 76.0. The Bertz CT molecular complexity index is 3700. The monoisotopic (exact) mass is 1810 g/mol. The highest BCUT2D eigenvalue weighted by Crippen LogP contribution is 2.30. The van der Waals surface area contributed by atoms with Gasteiger partial charge in [-0.1, -0.05) is 106 Å². The van der Waals surface area contributed by atoms with Gasteiger partial charge in [-0.2, -0.15) is 0 Å².